The van der Waals surface area contributed by atoms with E-state index < -0.39 is 5.97 Å². The number of carboxylic acids is 1. The van der Waals surface area contributed by atoms with Crippen LogP contribution >= 0.6 is 0 Å². The molecule has 100 valence electrons. The van der Waals surface area contributed by atoms with Crippen LogP contribution in [0.2, 0.25) is 0 Å². The fourth-order valence-electron chi connectivity index (χ4n) is 2.52. The summed E-state index contributed by atoms with van der Waals surface area (Å²) in [6.07, 6.45) is 4.28. The second kappa shape index (κ2) is 6.00. The van der Waals surface area contributed by atoms with Crippen LogP contribution < -0.4 is 0 Å². The Morgan fingerprint density at radius 2 is 2.50 bits per heavy atom. The lowest BCUT2D eigenvalue weighted by Gasteiger charge is -2.21. The summed E-state index contributed by atoms with van der Waals surface area (Å²) in [5.74, 6) is 0.185. The van der Waals surface area contributed by atoms with Crippen molar-refractivity contribution in [1.82, 2.24) is 10.1 Å². The van der Waals surface area contributed by atoms with Crippen molar-refractivity contribution < 1.29 is 14.4 Å². The number of nitrogens with zero attached hydrogens (tertiary/aromatic N) is 2. The SMILES string of the molecule is CCCc1cc([C@@H]2CCCN2CCC(=O)O)no1. The van der Waals surface area contributed by atoms with Crippen LogP contribution in [-0.2, 0) is 11.2 Å². The Hall–Kier alpha value is -1.36. The van der Waals surface area contributed by atoms with E-state index in [1.165, 1.54) is 0 Å². The van der Waals surface area contributed by atoms with Crippen LogP contribution in [0.4, 0.5) is 0 Å². The van der Waals surface area contributed by atoms with Crippen molar-refractivity contribution in [3.8, 4) is 0 Å². The van der Waals surface area contributed by atoms with Gasteiger partial charge < -0.3 is 9.63 Å². The summed E-state index contributed by atoms with van der Waals surface area (Å²) in [6, 6.07) is 2.26. The lowest BCUT2D eigenvalue weighted by Crippen LogP contribution is -2.26. The minimum atomic E-state index is -0.743. The normalized spacial score (nSPS) is 20.4. The summed E-state index contributed by atoms with van der Waals surface area (Å²) >= 11 is 0. The fraction of sp³-hybridized carbons (Fsp3) is 0.692. The first-order chi connectivity index (χ1) is 8.70. The molecule has 5 heteroatoms. The lowest BCUT2D eigenvalue weighted by molar-refractivity contribution is -0.137. The number of hydrogen-bond acceptors (Lipinski definition) is 4. The smallest absolute Gasteiger partial charge is 0.304 e. The molecule has 18 heavy (non-hydrogen) atoms. The molecule has 0 unspecified atom stereocenters. The third-order valence-electron chi connectivity index (χ3n) is 3.39. The molecule has 0 spiro atoms. The van der Waals surface area contributed by atoms with Crippen LogP contribution in [0.1, 0.15) is 50.1 Å². The maximum Gasteiger partial charge on any atom is 0.304 e. The topological polar surface area (TPSA) is 66.6 Å². The van der Waals surface area contributed by atoms with Crippen molar-refractivity contribution in [2.45, 2.75) is 45.1 Å². The van der Waals surface area contributed by atoms with Crippen LogP contribution in [-0.4, -0.2) is 34.2 Å². The number of carbonyl (C=O) groups is 1. The summed E-state index contributed by atoms with van der Waals surface area (Å²) in [6.45, 7) is 3.65. The Kier molecular flexibility index (Phi) is 4.36. The van der Waals surface area contributed by atoms with Crippen molar-refractivity contribution in [3.05, 3.63) is 17.5 Å². The van der Waals surface area contributed by atoms with E-state index in [0.29, 0.717) is 6.54 Å². The molecular formula is C13H20N2O3. The Bertz CT molecular complexity index is 403. The molecule has 1 aromatic rings. The number of aromatic nitrogens is 1. The van der Waals surface area contributed by atoms with E-state index >= 15 is 0 Å². The molecule has 0 bridgehead atoms. The van der Waals surface area contributed by atoms with Gasteiger partial charge in [0.25, 0.3) is 0 Å². The van der Waals surface area contributed by atoms with Crippen molar-refractivity contribution in [2.75, 3.05) is 13.1 Å². The Balaban J connectivity index is 1.98. The monoisotopic (exact) mass is 252 g/mol. The minimum absolute atomic E-state index is 0.191. The first kappa shape index (κ1) is 13.1. The zero-order valence-electron chi connectivity index (χ0n) is 10.8. The van der Waals surface area contributed by atoms with E-state index in [1.54, 1.807) is 0 Å². The number of aliphatic carboxylic acids is 1. The van der Waals surface area contributed by atoms with Crippen LogP contribution in [0.3, 0.4) is 0 Å². The molecule has 5 nitrogen and oxygen atoms in total. The number of rotatable bonds is 6. The molecule has 2 heterocycles. The van der Waals surface area contributed by atoms with Crippen LogP contribution in [0.5, 0.6) is 0 Å². The van der Waals surface area contributed by atoms with Gasteiger partial charge in [-0.15, -0.1) is 0 Å². The van der Waals surface area contributed by atoms with Gasteiger partial charge in [-0.1, -0.05) is 12.1 Å². The van der Waals surface area contributed by atoms with Gasteiger partial charge in [0.05, 0.1) is 12.5 Å². The molecule has 1 N–H and O–H groups in total. The number of likely N-dealkylation sites (tertiary alicyclic amines) is 1. The highest BCUT2D eigenvalue weighted by Gasteiger charge is 2.28. The first-order valence-electron chi connectivity index (χ1n) is 6.62. The van der Waals surface area contributed by atoms with Crippen LogP contribution in [0.25, 0.3) is 0 Å². The van der Waals surface area contributed by atoms with Crippen molar-refractivity contribution >= 4 is 5.97 Å². The molecule has 0 radical (unpaired) electrons. The quantitative estimate of drug-likeness (QED) is 0.841. The van der Waals surface area contributed by atoms with Crippen molar-refractivity contribution in [1.29, 1.82) is 0 Å². The highest BCUT2D eigenvalue weighted by Crippen LogP contribution is 2.31. The molecule has 1 atom stereocenters. The molecule has 1 aliphatic heterocycles. The zero-order valence-corrected chi connectivity index (χ0v) is 10.8. The zero-order chi connectivity index (χ0) is 13.0. The first-order valence-corrected chi connectivity index (χ1v) is 6.62. The van der Waals surface area contributed by atoms with E-state index in [1.807, 2.05) is 6.07 Å². The van der Waals surface area contributed by atoms with Crippen molar-refractivity contribution in [3.63, 3.8) is 0 Å². The van der Waals surface area contributed by atoms with Gasteiger partial charge in [0, 0.05) is 19.0 Å². The van der Waals surface area contributed by atoms with Gasteiger partial charge in [0.2, 0.25) is 0 Å². The lowest BCUT2D eigenvalue weighted by atomic mass is 10.1. The average Bonchev–Trinajstić information content (AvgIpc) is 2.94. The minimum Gasteiger partial charge on any atom is -0.481 e. The number of carboxylic acid groups (broad SMARTS) is 1. The summed E-state index contributed by atoms with van der Waals surface area (Å²) in [4.78, 5) is 12.8. The summed E-state index contributed by atoms with van der Waals surface area (Å²) in [5, 5.41) is 12.9. The molecule has 0 saturated carbocycles. The van der Waals surface area contributed by atoms with Gasteiger partial charge in [-0.2, -0.15) is 0 Å². The van der Waals surface area contributed by atoms with E-state index in [0.717, 1.165) is 43.7 Å². The summed E-state index contributed by atoms with van der Waals surface area (Å²) in [5.41, 5.74) is 0.960. The molecule has 2 rings (SSSR count). The van der Waals surface area contributed by atoms with Gasteiger partial charge in [-0.25, -0.2) is 0 Å². The van der Waals surface area contributed by atoms with Gasteiger partial charge in [0.1, 0.15) is 11.5 Å². The van der Waals surface area contributed by atoms with Crippen LogP contribution in [0, 0.1) is 0 Å². The van der Waals surface area contributed by atoms with Crippen LogP contribution in [0.15, 0.2) is 10.6 Å². The Morgan fingerprint density at radius 1 is 1.67 bits per heavy atom. The van der Waals surface area contributed by atoms with Gasteiger partial charge >= 0.3 is 5.97 Å². The molecule has 0 amide bonds. The van der Waals surface area contributed by atoms with Gasteiger partial charge in [-0.05, 0) is 25.8 Å². The Labute approximate surface area is 107 Å². The second-order valence-electron chi connectivity index (χ2n) is 4.81. The van der Waals surface area contributed by atoms with Gasteiger partial charge in [0.15, 0.2) is 0 Å². The van der Waals surface area contributed by atoms with E-state index in [-0.39, 0.29) is 12.5 Å². The average molecular weight is 252 g/mol. The van der Waals surface area contributed by atoms with E-state index in [2.05, 4.69) is 17.0 Å². The third kappa shape index (κ3) is 3.10. The Morgan fingerprint density at radius 3 is 3.22 bits per heavy atom. The molecule has 0 aliphatic carbocycles. The fourth-order valence-corrected chi connectivity index (χ4v) is 2.52. The largest absolute Gasteiger partial charge is 0.481 e. The highest BCUT2D eigenvalue weighted by atomic mass is 16.5. The summed E-state index contributed by atoms with van der Waals surface area (Å²) in [7, 11) is 0. The third-order valence-corrected chi connectivity index (χ3v) is 3.39. The molecular weight excluding hydrogens is 232 g/mol. The second-order valence-corrected chi connectivity index (χ2v) is 4.81. The van der Waals surface area contributed by atoms with E-state index in [4.69, 9.17) is 9.63 Å². The predicted octanol–water partition coefficient (Wildman–Crippen LogP) is 2.24. The van der Waals surface area contributed by atoms with Crippen molar-refractivity contribution in [2.24, 2.45) is 0 Å². The molecule has 0 aromatic carbocycles. The highest BCUT2D eigenvalue weighted by molar-refractivity contribution is 5.66. The molecule has 1 aromatic heterocycles. The molecule has 1 saturated heterocycles. The number of hydrogen-bond donors (Lipinski definition) is 1. The number of aryl methyl sites for hydroxylation is 1. The predicted molar refractivity (Wildman–Crippen MR) is 66.3 cm³/mol. The molecule has 1 aliphatic rings. The van der Waals surface area contributed by atoms with Gasteiger partial charge in [-0.3, -0.25) is 9.69 Å². The maximum absolute atomic E-state index is 10.6. The molecule has 1 fully saturated rings. The summed E-state index contributed by atoms with van der Waals surface area (Å²) < 4.78 is 5.30. The standard InChI is InChI=1S/C13H20N2O3/c1-2-4-10-9-11(14-18-10)12-5-3-7-15(12)8-6-13(16)17/h9,12H,2-8H2,1H3,(H,16,17)/t12-/m0/s1. The maximum atomic E-state index is 10.6. The van der Waals surface area contributed by atoms with E-state index in [9.17, 15) is 4.79 Å².